The van der Waals surface area contributed by atoms with E-state index in [9.17, 15) is 8.42 Å². The zero-order valence-corrected chi connectivity index (χ0v) is 12.2. The summed E-state index contributed by atoms with van der Waals surface area (Å²) in [7, 11) is -3.80. The molecule has 0 radical (unpaired) electrons. The van der Waals surface area contributed by atoms with Gasteiger partial charge in [0.15, 0.2) is 0 Å². The van der Waals surface area contributed by atoms with Crippen molar-refractivity contribution in [2.75, 3.05) is 11.3 Å². The average Bonchev–Trinajstić information content (AvgIpc) is 2.82. The maximum Gasteiger partial charge on any atom is 0.329 e. The number of hydrogen-bond donors (Lipinski definition) is 2. The van der Waals surface area contributed by atoms with Crippen LogP contribution in [0.15, 0.2) is 27.5 Å². The van der Waals surface area contributed by atoms with Gasteiger partial charge in [-0.25, -0.2) is 13.1 Å². The summed E-state index contributed by atoms with van der Waals surface area (Å²) in [6.07, 6.45) is 0. The third kappa shape index (κ3) is 3.59. The Kier molecular flexibility index (Phi) is 4.26. The number of aliphatic hydroxyl groups excluding tert-OH is 1. The third-order valence-corrected chi connectivity index (χ3v) is 3.88. The number of rotatable bonds is 3. The van der Waals surface area contributed by atoms with Crippen LogP contribution in [-0.4, -0.2) is 30.3 Å². The molecule has 0 aliphatic rings. The van der Waals surface area contributed by atoms with Crippen LogP contribution in [0.25, 0.3) is 0 Å². The van der Waals surface area contributed by atoms with E-state index >= 15 is 0 Å². The normalized spacial score (nSPS) is 10.8. The van der Waals surface area contributed by atoms with Crippen LogP contribution in [0.4, 0.5) is 6.01 Å². The molecule has 7 nitrogen and oxygen atoms in total. The SMILES string of the molecule is Cc1nnc(NS(=O)(=O)c2ccc(C#CCO)c(C)c2)o1. The summed E-state index contributed by atoms with van der Waals surface area (Å²) in [5.74, 6) is 5.51. The van der Waals surface area contributed by atoms with Gasteiger partial charge in [0.05, 0.1) is 4.90 Å². The molecular formula is C13H13N3O4S. The second-order valence-electron chi connectivity index (χ2n) is 4.17. The first kappa shape index (κ1) is 15.0. The highest BCUT2D eigenvalue weighted by molar-refractivity contribution is 7.92. The van der Waals surface area contributed by atoms with Crippen molar-refractivity contribution in [3.8, 4) is 11.8 Å². The first-order valence-corrected chi connectivity index (χ1v) is 7.44. The second kappa shape index (κ2) is 5.95. The molecule has 0 saturated heterocycles. The Morgan fingerprint density at radius 2 is 2.10 bits per heavy atom. The zero-order valence-electron chi connectivity index (χ0n) is 11.4. The average molecular weight is 307 g/mol. The number of aryl methyl sites for hydroxylation is 2. The largest absolute Gasteiger partial charge is 0.408 e. The number of aromatic nitrogens is 2. The molecule has 110 valence electrons. The number of nitrogens with one attached hydrogen (secondary N) is 1. The number of anilines is 1. The molecular weight excluding hydrogens is 294 g/mol. The van der Waals surface area contributed by atoms with E-state index in [-0.39, 0.29) is 23.4 Å². The molecule has 0 saturated carbocycles. The number of hydrogen-bond acceptors (Lipinski definition) is 6. The van der Waals surface area contributed by atoms with Crippen molar-refractivity contribution in [1.29, 1.82) is 0 Å². The van der Waals surface area contributed by atoms with Gasteiger partial charge >= 0.3 is 6.01 Å². The number of benzene rings is 1. The molecule has 1 heterocycles. The van der Waals surface area contributed by atoms with E-state index in [4.69, 9.17) is 9.52 Å². The fourth-order valence-corrected chi connectivity index (χ4v) is 2.60. The monoisotopic (exact) mass is 307 g/mol. The summed E-state index contributed by atoms with van der Waals surface area (Å²) in [6, 6.07) is 4.28. The van der Waals surface area contributed by atoms with Gasteiger partial charge in [-0.3, -0.25) is 0 Å². The number of sulfonamides is 1. The highest BCUT2D eigenvalue weighted by Gasteiger charge is 2.18. The summed E-state index contributed by atoms with van der Waals surface area (Å²) < 4.78 is 31.5. The molecule has 0 fully saturated rings. The van der Waals surface area contributed by atoms with E-state index in [1.54, 1.807) is 19.9 Å². The molecule has 2 rings (SSSR count). The summed E-state index contributed by atoms with van der Waals surface area (Å²) in [5, 5.41) is 15.8. The third-order valence-electron chi connectivity index (χ3n) is 2.56. The lowest BCUT2D eigenvalue weighted by atomic mass is 10.1. The van der Waals surface area contributed by atoms with Crippen LogP contribution in [-0.2, 0) is 10.0 Å². The summed E-state index contributed by atoms with van der Waals surface area (Å²) >= 11 is 0. The fourth-order valence-electron chi connectivity index (χ4n) is 1.59. The van der Waals surface area contributed by atoms with Crippen molar-refractivity contribution < 1.29 is 17.9 Å². The van der Waals surface area contributed by atoms with Gasteiger partial charge in [-0.15, -0.1) is 5.10 Å². The Bertz CT molecular complexity index is 815. The van der Waals surface area contributed by atoms with Crippen molar-refractivity contribution in [3.05, 3.63) is 35.2 Å². The summed E-state index contributed by atoms with van der Waals surface area (Å²) in [6.45, 7) is 3.04. The molecule has 0 atom stereocenters. The van der Waals surface area contributed by atoms with Gasteiger partial charge in [-0.05, 0) is 30.7 Å². The first-order chi connectivity index (χ1) is 9.92. The quantitative estimate of drug-likeness (QED) is 0.814. The second-order valence-corrected chi connectivity index (χ2v) is 5.85. The molecule has 8 heteroatoms. The molecule has 0 amide bonds. The van der Waals surface area contributed by atoms with Gasteiger partial charge < -0.3 is 9.52 Å². The molecule has 0 aliphatic heterocycles. The Morgan fingerprint density at radius 3 is 2.67 bits per heavy atom. The van der Waals surface area contributed by atoms with E-state index in [0.717, 1.165) is 0 Å². The Morgan fingerprint density at radius 1 is 1.33 bits per heavy atom. The molecule has 1 aromatic heterocycles. The highest BCUT2D eigenvalue weighted by Crippen LogP contribution is 2.18. The molecule has 0 unspecified atom stereocenters. The minimum Gasteiger partial charge on any atom is -0.408 e. The molecule has 0 bridgehead atoms. The predicted molar refractivity (Wildman–Crippen MR) is 75.0 cm³/mol. The highest BCUT2D eigenvalue weighted by atomic mass is 32.2. The first-order valence-electron chi connectivity index (χ1n) is 5.95. The van der Waals surface area contributed by atoms with Gasteiger partial charge in [0.2, 0.25) is 5.89 Å². The van der Waals surface area contributed by atoms with E-state index in [2.05, 4.69) is 26.8 Å². The van der Waals surface area contributed by atoms with Gasteiger partial charge in [-0.2, -0.15) is 0 Å². The zero-order chi connectivity index (χ0) is 15.5. The smallest absolute Gasteiger partial charge is 0.329 e. The molecule has 2 aromatic rings. The van der Waals surface area contributed by atoms with Crippen molar-refractivity contribution in [2.45, 2.75) is 18.7 Å². The maximum absolute atomic E-state index is 12.2. The summed E-state index contributed by atoms with van der Waals surface area (Å²) in [4.78, 5) is 0.0606. The van der Waals surface area contributed by atoms with E-state index in [1.165, 1.54) is 12.1 Å². The number of aliphatic hydroxyl groups is 1. The summed E-state index contributed by atoms with van der Waals surface area (Å²) in [5.41, 5.74) is 1.33. The molecule has 0 spiro atoms. The van der Waals surface area contributed by atoms with Crippen LogP contribution in [0, 0.1) is 25.7 Å². The standard InChI is InChI=1S/C13H13N3O4S/c1-9-8-12(6-5-11(9)4-3-7-17)21(18,19)16-13-15-14-10(2)20-13/h5-6,8,17H,7H2,1-2H3,(H,15,16). The topological polar surface area (TPSA) is 105 Å². The number of nitrogens with zero attached hydrogens (tertiary/aromatic N) is 2. The van der Waals surface area contributed by atoms with E-state index in [0.29, 0.717) is 11.1 Å². The molecule has 0 aliphatic carbocycles. The van der Waals surface area contributed by atoms with Crippen LogP contribution in [0.3, 0.4) is 0 Å². The lowest BCUT2D eigenvalue weighted by Crippen LogP contribution is -2.13. The van der Waals surface area contributed by atoms with Gasteiger partial charge in [-0.1, -0.05) is 16.9 Å². The lowest BCUT2D eigenvalue weighted by Gasteiger charge is -2.06. The predicted octanol–water partition coefficient (Wildman–Crippen LogP) is 0.831. The van der Waals surface area contributed by atoms with Crippen LogP contribution in [0.1, 0.15) is 17.0 Å². The van der Waals surface area contributed by atoms with Crippen LogP contribution >= 0.6 is 0 Å². The van der Waals surface area contributed by atoms with Crippen molar-refractivity contribution in [1.82, 2.24) is 10.2 Å². The van der Waals surface area contributed by atoms with Crippen molar-refractivity contribution in [2.24, 2.45) is 0 Å². The van der Waals surface area contributed by atoms with Crippen molar-refractivity contribution >= 4 is 16.0 Å². The van der Waals surface area contributed by atoms with E-state index < -0.39 is 10.0 Å². The minimum absolute atomic E-state index is 0.0606. The maximum atomic E-state index is 12.2. The van der Waals surface area contributed by atoms with Gasteiger partial charge in [0.25, 0.3) is 10.0 Å². The Labute approximate surface area is 122 Å². The van der Waals surface area contributed by atoms with Crippen LogP contribution in [0.2, 0.25) is 0 Å². The minimum atomic E-state index is -3.80. The molecule has 1 aromatic carbocycles. The molecule has 2 N–H and O–H groups in total. The Balaban J connectivity index is 2.30. The van der Waals surface area contributed by atoms with Crippen molar-refractivity contribution in [3.63, 3.8) is 0 Å². The Hall–Kier alpha value is -2.37. The van der Waals surface area contributed by atoms with Crippen LogP contribution < -0.4 is 4.72 Å². The fraction of sp³-hybridized carbons (Fsp3) is 0.231. The van der Waals surface area contributed by atoms with Gasteiger partial charge in [0.1, 0.15) is 6.61 Å². The molecule has 21 heavy (non-hydrogen) atoms. The lowest BCUT2D eigenvalue weighted by molar-refractivity contribution is 0.350. The van der Waals surface area contributed by atoms with Crippen LogP contribution in [0.5, 0.6) is 0 Å². The van der Waals surface area contributed by atoms with E-state index in [1.807, 2.05) is 0 Å². The van der Waals surface area contributed by atoms with Gasteiger partial charge in [0, 0.05) is 12.5 Å².